The van der Waals surface area contributed by atoms with E-state index in [1.807, 2.05) is 23.2 Å². The Morgan fingerprint density at radius 3 is 1.46 bits per heavy atom. The quantitative estimate of drug-likeness (QED) is 0.224. The minimum atomic E-state index is 0.868. The molecule has 186 valence electrons. The van der Waals surface area contributed by atoms with Crippen molar-refractivity contribution in [3.8, 4) is 22.3 Å². The second-order valence-electron chi connectivity index (χ2n) is 9.42. The molecule has 4 nitrogen and oxygen atoms in total. The molecule has 8 bridgehead atoms. The Labute approximate surface area is 234 Å². The van der Waals surface area contributed by atoms with Crippen molar-refractivity contribution in [2.24, 2.45) is 0 Å². The topological polar surface area (TPSA) is 57.4 Å². The summed E-state index contributed by atoms with van der Waals surface area (Å²) in [4.78, 5) is 19.3. The molecule has 5 heteroatoms. The van der Waals surface area contributed by atoms with Crippen LogP contribution in [-0.2, 0) is 0 Å². The van der Waals surface area contributed by atoms with Crippen LogP contribution >= 0.6 is 15.9 Å². The van der Waals surface area contributed by atoms with Crippen LogP contribution in [-0.4, -0.2) is 19.9 Å². The summed E-state index contributed by atoms with van der Waals surface area (Å²) in [6, 6.07) is 31.4. The monoisotopic (exact) mass is 566 g/mol. The second kappa shape index (κ2) is 9.86. The first-order chi connectivity index (χ1) is 19.3. The summed E-state index contributed by atoms with van der Waals surface area (Å²) in [5.74, 6) is 0. The number of fused-ring (bicyclic) bond motifs is 8. The lowest BCUT2D eigenvalue weighted by Crippen LogP contribution is -1.89. The van der Waals surface area contributed by atoms with E-state index in [4.69, 9.17) is 9.97 Å². The minimum absolute atomic E-state index is 0.868. The van der Waals surface area contributed by atoms with Gasteiger partial charge < -0.3 is 9.97 Å². The molecule has 0 amide bonds. The molecule has 0 radical (unpaired) electrons. The lowest BCUT2D eigenvalue weighted by molar-refractivity contribution is 1.26. The van der Waals surface area contributed by atoms with E-state index in [0.29, 0.717) is 0 Å². The van der Waals surface area contributed by atoms with Gasteiger partial charge in [-0.25, -0.2) is 9.97 Å². The van der Waals surface area contributed by atoms with E-state index >= 15 is 0 Å². The molecule has 0 spiro atoms. The first-order valence-electron chi connectivity index (χ1n) is 12.8. The van der Waals surface area contributed by atoms with E-state index in [-0.39, 0.29) is 0 Å². The lowest BCUT2D eigenvalue weighted by atomic mass is 10.0. The van der Waals surface area contributed by atoms with Gasteiger partial charge in [0.1, 0.15) is 0 Å². The highest BCUT2D eigenvalue weighted by molar-refractivity contribution is 9.11. The van der Waals surface area contributed by atoms with Crippen molar-refractivity contribution >= 4 is 68.4 Å². The molecule has 3 aromatic heterocycles. The standard InChI is InChI=1S/C34H23BrN4/c35-20-19-26-27-15-17-31(38-27)33(22-7-3-1-4-8-22)29-13-11-24(36-29)21-25-12-14-30(37-25)34(23-9-5-2-6-10-23)32-18-16-28(26)39-32/h1-21,36-37H/b20-19+,24-21?,25-21?,27-26?,28-26?,33-29?,33-31?,34-30?,34-32?. The maximum Gasteiger partial charge on any atom is 0.0737 e. The van der Waals surface area contributed by atoms with Gasteiger partial charge in [0.05, 0.1) is 22.8 Å². The molecule has 2 aliphatic heterocycles. The van der Waals surface area contributed by atoms with Crippen molar-refractivity contribution in [2.75, 3.05) is 0 Å². The van der Waals surface area contributed by atoms with Gasteiger partial charge in [0, 0.05) is 38.8 Å². The van der Waals surface area contributed by atoms with Crippen molar-refractivity contribution in [3.05, 3.63) is 124 Å². The van der Waals surface area contributed by atoms with Gasteiger partial charge in [-0.05, 0) is 76.8 Å². The number of hydrogen-bond donors (Lipinski definition) is 2. The number of hydrogen-bond acceptors (Lipinski definition) is 2. The summed E-state index contributed by atoms with van der Waals surface area (Å²) >= 11 is 3.49. The van der Waals surface area contributed by atoms with Gasteiger partial charge in [0.25, 0.3) is 0 Å². The Morgan fingerprint density at radius 1 is 0.538 bits per heavy atom. The third-order valence-electron chi connectivity index (χ3n) is 6.97. The summed E-state index contributed by atoms with van der Waals surface area (Å²) < 4.78 is 0. The van der Waals surface area contributed by atoms with Gasteiger partial charge in [0.15, 0.2) is 0 Å². The normalized spacial score (nSPS) is 12.4. The zero-order valence-corrected chi connectivity index (χ0v) is 22.5. The van der Waals surface area contributed by atoms with Crippen LogP contribution in [0, 0.1) is 0 Å². The molecule has 7 rings (SSSR count). The van der Waals surface area contributed by atoms with Crippen molar-refractivity contribution in [3.63, 3.8) is 0 Å². The molecule has 2 N–H and O–H groups in total. The zero-order chi connectivity index (χ0) is 26.2. The fourth-order valence-electron chi connectivity index (χ4n) is 5.21. The molecule has 0 saturated carbocycles. The predicted molar refractivity (Wildman–Crippen MR) is 168 cm³/mol. The van der Waals surface area contributed by atoms with Crippen molar-refractivity contribution in [1.82, 2.24) is 19.9 Å². The molecule has 0 atom stereocenters. The van der Waals surface area contributed by atoms with E-state index in [1.54, 1.807) is 0 Å². The van der Waals surface area contributed by atoms with Crippen LogP contribution in [0.4, 0.5) is 0 Å². The van der Waals surface area contributed by atoms with Crippen molar-refractivity contribution in [1.29, 1.82) is 0 Å². The van der Waals surface area contributed by atoms with Crippen LogP contribution < -0.4 is 0 Å². The smallest absolute Gasteiger partial charge is 0.0737 e. The molecule has 5 heterocycles. The van der Waals surface area contributed by atoms with Gasteiger partial charge in [-0.15, -0.1) is 0 Å². The molecule has 0 saturated heterocycles. The summed E-state index contributed by atoms with van der Waals surface area (Å²) in [5.41, 5.74) is 12.9. The largest absolute Gasteiger partial charge is 0.355 e. The summed E-state index contributed by atoms with van der Waals surface area (Å²) in [5, 5.41) is 0. The number of aromatic nitrogens is 4. The van der Waals surface area contributed by atoms with Crippen LogP contribution in [0.3, 0.4) is 0 Å². The first-order valence-corrected chi connectivity index (χ1v) is 13.7. The Balaban J connectivity index is 1.64. The fraction of sp³-hybridized carbons (Fsp3) is 0. The number of halogens is 1. The zero-order valence-electron chi connectivity index (χ0n) is 20.9. The predicted octanol–water partition coefficient (Wildman–Crippen LogP) is 9.36. The molecule has 2 aliphatic rings. The summed E-state index contributed by atoms with van der Waals surface area (Å²) in [6.45, 7) is 0. The SMILES string of the molecule is Br/C=C/c1c2nc(c(-c3ccccc3)c3ccc(cc4ccc([nH]4)c(-c4ccccc4)c4nc1C=C4)[nH]3)C=C2. The highest BCUT2D eigenvalue weighted by Gasteiger charge is 2.16. The number of nitrogens with zero attached hydrogens (tertiary/aromatic N) is 2. The highest BCUT2D eigenvalue weighted by atomic mass is 79.9. The number of benzene rings is 2. The molecule has 5 aromatic rings. The van der Waals surface area contributed by atoms with Crippen LogP contribution in [0.5, 0.6) is 0 Å². The van der Waals surface area contributed by atoms with Gasteiger partial charge in [0.2, 0.25) is 0 Å². The molecule has 39 heavy (non-hydrogen) atoms. The maximum atomic E-state index is 5.12. The van der Waals surface area contributed by atoms with Crippen LogP contribution in [0.1, 0.15) is 28.3 Å². The fourth-order valence-corrected chi connectivity index (χ4v) is 5.48. The highest BCUT2D eigenvalue weighted by Crippen LogP contribution is 2.33. The lowest BCUT2D eigenvalue weighted by Gasteiger charge is -2.04. The number of nitrogens with one attached hydrogen (secondary N) is 2. The Hall–Kier alpha value is -4.74. The van der Waals surface area contributed by atoms with E-state index in [0.717, 1.165) is 72.7 Å². The van der Waals surface area contributed by atoms with Crippen LogP contribution in [0.15, 0.2) is 96.0 Å². The van der Waals surface area contributed by atoms with E-state index in [9.17, 15) is 0 Å². The Morgan fingerprint density at radius 2 is 1.00 bits per heavy atom. The molecular formula is C34H23BrN4. The number of aromatic amines is 2. The van der Waals surface area contributed by atoms with Gasteiger partial charge in [-0.2, -0.15) is 0 Å². The van der Waals surface area contributed by atoms with E-state index in [2.05, 4.69) is 129 Å². The summed E-state index contributed by atoms with van der Waals surface area (Å²) in [7, 11) is 0. The summed E-state index contributed by atoms with van der Waals surface area (Å²) in [6.07, 6.45) is 10.3. The van der Waals surface area contributed by atoms with Gasteiger partial charge in [-0.1, -0.05) is 76.6 Å². The Kier molecular flexibility index (Phi) is 5.91. The first kappa shape index (κ1) is 23.4. The van der Waals surface area contributed by atoms with E-state index in [1.165, 1.54) is 0 Å². The minimum Gasteiger partial charge on any atom is -0.355 e. The molecular weight excluding hydrogens is 544 g/mol. The second-order valence-corrected chi connectivity index (χ2v) is 9.95. The molecule has 0 unspecified atom stereocenters. The molecule has 0 fully saturated rings. The third kappa shape index (κ3) is 4.37. The average Bonchev–Trinajstić information content (AvgIpc) is 3.79. The van der Waals surface area contributed by atoms with Crippen molar-refractivity contribution in [2.45, 2.75) is 0 Å². The van der Waals surface area contributed by atoms with Gasteiger partial charge in [-0.3, -0.25) is 0 Å². The van der Waals surface area contributed by atoms with Crippen LogP contribution in [0.2, 0.25) is 0 Å². The maximum absolute atomic E-state index is 5.12. The molecule has 2 aromatic carbocycles. The van der Waals surface area contributed by atoms with Crippen LogP contribution in [0.25, 0.3) is 74.7 Å². The third-order valence-corrected chi connectivity index (χ3v) is 7.23. The van der Waals surface area contributed by atoms with Gasteiger partial charge >= 0.3 is 0 Å². The molecule has 0 aliphatic carbocycles. The number of rotatable bonds is 3. The average molecular weight is 567 g/mol. The van der Waals surface area contributed by atoms with Crippen molar-refractivity contribution < 1.29 is 0 Å². The Bertz CT molecular complexity index is 1820. The number of H-pyrrole nitrogens is 2. The van der Waals surface area contributed by atoms with E-state index < -0.39 is 0 Å².